The van der Waals surface area contributed by atoms with E-state index in [2.05, 4.69) is 10.2 Å². The minimum Gasteiger partial charge on any atom is -0.313 e. The van der Waals surface area contributed by atoms with Crippen molar-refractivity contribution in [3.63, 3.8) is 0 Å². The SMILES string of the molecule is CS(=O)CCCNC1CCN(C2CC2)C1. The summed E-state index contributed by atoms with van der Waals surface area (Å²) in [5.41, 5.74) is 0. The van der Waals surface area contributed by atoms with E-state index in [-0.39, 0.29) is 0 Å². The summed E-state index contributed by atoms with van der Waals surface area (Å²) in [5, 5.41) is 3.57. The van der Waals surface area contributed by atoms with Crippen LogP contribution < -0.4 is 5.32 Å². The summed E-state index contributed by atoms with van der Waals surface area (Å²) in [6.07, 6.45) is 6.96. The van der Waals surface area contributed by atoms with Gasteiger partial charge in [-0.25, -0.2) is 0 Å². The van der Waals surface area contributed by atoms with Gasteiger partial charge in [0.1, 0.15) is 0 Å². The summed E-state index contributed by atoms with van der Waals surface area (Å²) in [5.74, 6) is 0.839. The zero-order valence-electron chi connectivity index (χ0n) is 9.58. The molecule has 88 valence electrons. The third-order valence-electron chi connectivity index (χ3n) is 3.32. The summed E-state index contributed by atoms with van der Waals surface area (Å²) in [6.45, 7) is 3.55. The lowest BCUT2D eigenvalue weighted by molar-refractivity contribution is 0.317. The van der Waals surface area contributed by atoms with E-state index in [0.717, 1.165) is 24.8 Å². The van der Waals surface area contributed by atoms with Crippen molar-refractivity contribution < 1.29 is 4.21 Å². The fraction of sp³-hybridized carbons (Fsp3) is 1.00. The largest absolute Gasteiger partial charge is 0.313 e. The van der Waals surface area contributed by atoms with Gasteiger partial charge in [-0.15, -0.1) is 0 Å². The highest BCUT2D eigenvalue weighted by Gasteiger charge is 2.33. The Hall–Kier alpha value is 0.0700. The third kappa shape index (κ3) is 3.85. The normalized spacial score (nSPS) is 29.5. The Labute approximate surface area is 95.1 Å². The van der Waals surface area contributed by atoms with Crippen LogP contribution in [0.2, 0.25) is 0 Å². The monoisotopic (exact) mass is 230 g/mol. The van der Waals surface area contributed by atoms with Crippen molar-refractivity contribution in [2.45, 2.75) is 37.8 Å². The first-order chi connectivity index (χ1) is 7.25. The van der Waals surface area contributed by atoms with Crippen molar-refractivity contribution in [1.82, 2.24) is 10.2 Å². The molecule has 0 spiro atoms. The van der Waals surface area contributed by atoms with Crippen molar-refractivity contribution in [2.24, 2.45) is 0 Å². The fourth-order valence-corrected chi connectivity index (χ4v) is 2.86. The maximum atomic E-state index is 10.9. The molecule has 1 saturated heterocycles. The van der Waals surface area contributed by atoms with E-state index in [1.54, 1.807) is 6.26 Å². The predicted molar refractivity (Wildman–Crippen MR) is 64.6 cm³/mol. The van der Waals surface area contributed by atoms with Crippen LogP contribution in [0, 0.1) is 0 Å². The molecule has 2 fully saturated rings. The van der Waals surface area contributed by atoms with Crippen molar-refractivity contribution >= 4 is 10.8 Å². The highest BCUT2D eigenvalue weighted by atomic mass is 32.2. The molecule has 0 bridgehead atoms. The topological polar surface area (TPSA) is 32.3 Å². The van der Waals surface area contributed by atoms with E-state index in [4.69, 9.17) is 0 Å². The number of rotatable bonds is 6. The average molecular weight is 230 g/mol. The molecule has 1 N–H and O–H groups in total. The molecule has 2 unspecified atom stereocenters. The lowest BCUT2D eigenvalue weighted by atomic mass is 10.2. The van der Waals surface area contributed by atoms with Crippen LogP contribution in [0.5, 0.6) is 0 Å². The molecule has 0 aromatic rings. The first kappa shape index (κ1) is 11.6. The number of likely N-dealkylation sites (tertiary alicyclic amines) is 1. The lowest BCUT2D eigenvalue weighted by Gasteiger charge is -2.15. The molecular weight excluding hydrogens is 208 g/mol. The van der Waals surface area contributed by atoms with Crippen LogP contribution in [0.3, 0.4) is 0 Å². The van der Waals surface area contributed by atoms with Crippen LogP contribution in [0.4, 0.5) is 0 Å². The molecule has 1 heterocycles. The smallest absolute Gasteiger partial charge is 0.0244 e. The second kappa shape index (κ2) is 5.41. The maximum absolute atomic E-state index is 10.9. The Bertz CT molecular complexity index is 231. The Morgan fingerprint density at radius 2 is 2.20 bits per heavy atom. The second-order valence-electron chi connectivity index (χ2n) is 4.80. The van der Waals surface area contributed by atoms with Gasteiger partial charge in [0, 0.05) is 48.0 Å². The van der Waals surface area contributed by atoms with Crippen LogP contribution in [0.15, 0.2) is 0 Å². The molecule has 4 heteroatoms. The molecule has 0 amide bonds. The molecule has 3 nitrogen and oxygen atoms in total. The summed E-state index contributed by atoms with van der Waals surface area (Å²) in [4.78, 5) is 2.62. The van der Waals surface area contributed by atoms with E-state index in [1.807, 2.05) is 0 Å². The Morgan fingerprint density at radius 3 is 2.87 bits per heavy atom. The Morgan fingerprint density at radius 1 is 1.40 bits per heavy atom. The van der Waals surface area contributed by atoms with Crippen LogP contribution in [0.25, 0.3) is 0 Å². The van der Waals surface area contributed by atoms with E-state index in [9.17, 15) is 4.21 Å². The molecule has 15 heavy (non-hydrogen) atoms. The molecule has 0 radical (unpaired) electrons. The summed E-state index contributed by atoms with van der Waals surface area (Å²) in [6, 6.07) is 1.61. The first-order valence-corrected chi connectivity index (χ1v) is 7.76. The molecule has 1 saturated carbocycles. The van der Waals surface area contributed by atoms with Crippen molar-refractivity contribution in [2.75, 3.05) is 31.6 Å². The van der Waals surface area contributed by atoms with Crippen LogP contribution in [-0.4, -0.2) is 52.8 Å². The van der Waals surface area contributed by atoms with E-state index in [0.29, 0.717) is 6.04 Å². The van der Waals surface area contributed by atoms with Crippen molar-refractivity contribution in [3.8, 4) is 0 Å². The van der Waals surface area contributed by atoms with Crippen LogP contribution >= 0.6 is 0 Å². The fourth-order valence-electron chi connectivity index (χ4n) is 2.31. The Kier molecular flexibility index (Phi) is 4.17. The van der Waals surface area contributed by atoms with Gasteiger partial charge in [-0.2, -0.15) is 0 Å². The van der Waals surface area contributed by atoms with Gasteiger partial charge in [0.15, 0.2) is 0 Å². The first-order valence-electron chi connectivity index (χ1n) is 6.03. The standard InChI is InChI=1S/C11H22N2OS/c1-15(14)8-2-6-12-10-5-7-13(9-10)11-3-4-11/h10-12H,2-9H2,1H3. The van der Waals surface area contributed by atoms with E-state index >= 15 is 0 Å². The summed E-state index contributed by atoms with van der Waals surface area (Å²) in [7, 11) is -0.623. The summed E-state index contributed by atoms with van der Waals surface area (Å²) >= 11 is 0. The van der Waals surface area contributed by atoms with Gasteiger partial charge in [-0.05, 0) is 32.2 Å². The molecule has 0 aromatic heterocycles. The van der Waals surface area contributed by atoms with Crippen molar-refractivity contribution in [3.05, 3.63) is 0 Å². The average Bonchev–Trinajstić information content (AvgIpc) is 2.94. The lowest BCUT2D eigenvalue weighted by Crippen LogP contribution is -2.34. The molecule has 1 aliphatic carbocycles. The highest BCUT2D eigenvalue weighted by molar-refractivity contribution is 7.84. The minimum atomic E-state index is -0.623. The van der Waals surface area contributed by atoms with Gasteiger partial charge in [0.2, 0.25) is 0 Å². The van der Waals surface area contributed by atoms with E-state index in [1.165, 1.54) is 32.4 Å². The minimum absolute atomic E-state index is 0.623. The van der Waals surface area contributed by atoms with Crippen LogP contribution in [0.1, 0.15) is 25.7 Å². The predicted octanol–water partition coefficient (Wildman–Crippen LogP) is 0.581. The zero-order chi connectivity index (χ0) is 10.7. The summed E-state index contributed by atoms with van der Waals surface area (Å²) < 4.78 is 10.9. The van der Waals surface area contributed by atoms with Gasteiger partial charge in [-0.3, -0.25) is 9.11 Å². The van der Waals surface area contributed by atoms with Gasteiger partial charge in [-0.1, -0.05) is 0 Å². The highest BCUT2D eigenvalue weighted by Crippen LogP contribution is 2.29. The van der Waals surface area contributed by atoms with Gasteiger partial charge in [0.25, 0.3) is 0 Å². The molecular formula is C11H22N2OS. The molecule has 0 aromatic carbocycles. The van der Waals surface area contributed by atoms with Gasteiger partial charge < -0.3 is 5.32 Å². The van der Waals surface area contributed by atoms with Gasteiger partial charge in [0.05, 0.1) is 0 Å². The molecule has 1 aliphatic heterocycles. The number of hydrogen-bond donors (Lipinski definition) is 1. The number of nitrogens with zero attached hydrogens (tertiary/aromatic N) is 1. The molecule has 2 rings (SSSR count). The second-order valence-corrected chi connectivity index (χ2v) is 6.35. The quantitative estimate of drug-likeness (QED) is 0.678. The number of hydrogen-bond acceptors (Lipinski definition) is 3. The Balaban J connectivity index is 1.54. The van der Waals surface area contributed by atoms with Crippen LogP contribution in [-0.2, 0) is 10.8 Å². The maximum Gasteiger partial charge on any atom is 0.0244 e. The van der Waals surface area contributed by atoms with E-state index < -0.39 is 10.8 Å². The van der Waals surface area contributed by atoms with Gasteiger partial charge >= 0.3 is 0 Å². The molecule has 2 aliphatic rings. The third-order valence-corrected chi connectivity index (χ3v) is 4.19. The number of nitrogens with one attached hydrogen (secondary N) is 1. The van der Waals surface area contributed by atoms with Crippen molar-refractivity contribution in [1.29, 1.82) is 0 Å². The zero-order valence-corrected chi connectivity index (χ0v) is 10.4. The molecule has 2 atom stereocenters.